The van der Waals surface area contributed by atoms with Crippen molar-refractivity contribution in [2.24, 2.45) is 0 Å². The summed E-state index contributed by atoms with van der Waals surface area (Å²) in [7, 11) is 0. The number of benzene rings is 2. The molecule has 0 saturated carbocycles. The zero-order valence-electron chi connectivity index (χ0n) is 12.6. The highest BCUT2D eigenvalue weighted by atomic mass is 19.4. The summed E-state index contributed by atoms with van der Waals surface area (Å²) in [6, 6.07) is 12.7. The Morgan fingerprint density at radius 2 is 1.33 bits per heavy atom. The zero-order valence-corrected chi connectivity index (χ0v) is 12.6. The molecule has 0 fully saturated rings. The molecule has 0 spiro atoms. The van der Waals surface area contributed by atoms with Crippen LogP contribution in [0.5, 0.6) is 0 Å². The van der Waals surface area contributed by atoms with Crippen LogP contribution in [0.3, 0.4) is 0 Å². The van der Waals surface area contributed by atoms with Gasteiger partial charge in [-0.2, -0.15) is 13.2 Å². The summed E-state index contributed by atoms with van der Waals surface area (Å²) in [6.07, 6.45) is -4.50. The Morgan fingerprint density at radius 3 is 1.92 bits per heavy atom. The molecule has 2 N–H and O–H groups in total. The Kier molecular flexibility index (Phi) is 5.57. The topological polar surface area (TPSA) is 58.2 Å². The van der Waals surface area contributed by atoms with Crippen LogP contribution < -0.4 is 10.6 Å². The third-order valence-corrected chi connectivity index (χ3v) is 3.18. The molecule has 0 unspecified atom stereocenters. The number of hydrogen-bond acceptors (Lipinski definition) is 2. The first kappa shape index (κ1) is 17.5. The van der Waals surface area contributed by atoms with Gasteiger partial charge in [0.15, 0.2) is 0 Å². The minimum absolute atomic E-state index is 0.0841. The van der Waals surface area contributed by atoms with Crippen molar-refractivity contribution in [1.29, 1.82) is 0 Å². The lowest BCUT2D eigenvalue weighted by Crippen LogP contribution is -2.34. The van der Waals surface area contributed by atoms with Gasteiger partial charge in [-0.1, -0.05) is 24.3 Å². The molecule has 4 nitrogen and oxygen atoms in total. The summed E-state index contributed by atoms with van der Waals surface area (Å²) in [5.41, 5.74) is -0.478. The van der Waals surface area contributed by atoms with E-state index in [-0.39, 0.29) is 24.6 Å². The van der Waals surface area contributed by atoms with Crippen molar-refractivity contribution in [2.75, 3.05) is 13.1 Å². The van der Waals surface area contributed by atoms with Crippen LogP contribution in [0.2, 0.25) is 0 Å². The summed E-state index contributed by atoms with van der Waals surface area (Å²) in [6.45, 7) is 0.270. The van der Waals surface area contributed by atoms with Gasteiger partial charge in [0.25, 0.3) is 11.8 Å². The van der Waals surface area contributed by atoms with E-state index in [1.807, 2.05) is 0 Å². The maximum Gasteiger partial charge on any atom is 0.416 e. The number of hydrogen-bond donors (Lipinski definition) is 2. The number of alkyl halides is 3. The van der Waals surface area contributed by atoms with E-state index in [2.05, 4.69) is 10.6 Å². The van der Waals surface area contributed by atoms with E-state index in [4.69, 9.17) is 0 Å². The van der Waals surface area contributed by atoms with E-state index in [0.717, 1.165) is 12.1 Å². The van der Waals surface area contributed by atoms with Crippen LogP contribution in [0, 0.1) is 0 Å². The number of carbonyl (C=O) groups excluding carboxylic acids is 2. The molecule has 2 aromatic carbocycles. The molecule has 126 valence electrons. The average molecular weight is 336 g/mol. The third kappa shape index (κ3) is 4.84. The fourth-order valence-electron chi connectivity index (χ4n) is 1.98. The molecular weight excluding hydrogens is 321 g/mol. The van der Waals surface area contributed by atoms with Crippen LogP contribution in [-0.4, -0.2) is 24.9 Å². The highest BCUT2D eigenvalue weighted by Gasteiger charge is 2.30. The predicted molar refractivity (Wildman–Crippen MR) is 82.6 cm³/mol. The van der Waals surface area contributed by atoms with Crippen molar-refractivity contribution >= 4 is 11.8 Å². The normalized spacial score (nSPS) is 11.0. The molecule has 0 aliphatic rings. The highest BCUT2D eigenvalue weighted by molar-refractivity contribution is 5.95. The number of rotatable bonds is 5. The Labute approximate surface area is 136 Å². The molecule has 7 heteroatoms. The maximum absolute atomic E-state index is 12.6. The summed E-state index contributed by atoms with van der Waals surface area (Å²) >= 11 is 0. The SMILES string of the molecule is O=C(NCCNC(=O)c1cccc(C(F)(F)F)c1)c1ccccc1. The summed E-state index contributed by atoms with van der Waals surface area (Å²) in [4.78, 5) is 23.6. The molecular formula is C17H15F3N2O2. The molecule has 0 aliphatic heterocycles. The monoisotopic (exact) mass is 336 g/mol. The number of nitrogens with one attached hydrogen (secondary N) is 2. The van der Waals surface area contributed by atoms with Crippen molar-refractivity contribution in [3.63, 3.8) is 0 Å². The predicted octanol–water partition coefficient (Wildman–Crippen LogP) is 2.87. The lowest BCUT2D eigenvalue weighted by molar-refractivity contribution is -0.137. The van der Waals surface area contributed by atoms with E-state index in [0.29, 0.717) is 5.56 Å². The number of amides is 2. The van der Waals surface area contributed by atoms with Crippen molar-refractivity contribution < 1.29 is 22.8 Å². The zero-order chi connectivity index (χ0) is 17.6. The Morgan fingerprint density at radius 1 is 0.792 bits per heavy atom. The van der Waals surface area contributed by atoms with E-state index >= 15 is 0 Å². The van der Waals surface area contributed by atoms with Crippen LogP contribution >= 0.6 is 0 Å². The smallest absolute Gasteiger partial charge is 0.350 e. The molecule has 0 radical (unpaired) electrons. The molecule has 0 saturated heterocycles. The third-order valence-electron chi connectivity index (χ3n) is 3.18. The molecule has 0 aliphatic carbocycles. The Balaban J connectivity index is 1.83. The van der Waals surface area contributed by atoms with Crippen molar-refractivity contribution in [1.82, 2.24) is 10.6 Å². The minimum atomic E-state index is -4.50. The average Bonchev–Trinajstić information content (AvgIpc) is 2.58. The van der Waals surface area contributed by atoms with Gasteiger partial charge in [-0.15, -0.1) is 0 Å². The van der Waals surface area contributed by atoms with Gasteiger partial charge in [-0.05, 0) is 30.3 Å². The molecule has 0 aromatic heterocycles. The van der Waals surface area contributed by atoms with Gasteiger partial charge in [0.2, 0.25) is 0 Å². The van der Waals surface area contributed by atoms with Crippen LogP contribution in [0.1, 0.15) is 26.3 Å². The van der Waals surface area contributed by atoms with Crippen LogP contribution in [0.25, 0.3) is 0 Å². The second kappa shape index (κ2) is 7.63. The first-order valence-corrected chi connectivity index (χ1v) is 7.16. The summed E-state index contributed by atoms with van der Waals surface area (Å²) in [5, 5.41) is 5.07. The maximum atomic E-state index is 12.6. The van der Waals surface area contributed by atoms with Gasteiger partial charge in [-0.25, -0.2) is 0 Å². The van der Waals surface area contributed by atoms with Crippen molar-refractivity contribution in [3.05, 3.63) is 71.3 Å². The quantitative estimate of drug-likeness (QED) is 0.825. The van der Waals surface area contributed by atoms with Gasteiger partial charge in [0.05, 0.1) is 5.56 Å². The van der Waals surface area contributed by atoms with Crippen LogP contribution in [0.15, 0.2) is 54.6 Å². The van der Waals surface area contributed by atoms with E-state index in [1.54, 1.807) is 30.3 Å². The fraction of sp³-hybridized carbons (Fsp3) is 0.176. The first-order chi connectivity index (χ1) is 11.4. The highest BCUT2D eigenvalue weighted by Crippen LogP contribution is 2.29. The molecule has 2 aromatic rings. The molecule has 2 amide bonds. The molecule has 2 rings (SSSR count). The van der Waals surface area contributed by atoms with Crippen molar-refractivity contribution in [3.8, 4) is 0 Å². The number of carbonyl (C=O) groups is 2. The lowest BCUT2D eigenvalue weighted by Gasteiger charge is -2.10. The standard InChI is InChI=1S/C17H15F3N2O2/c18-17(19,20)14-8-4-7-13(11-14)16(24)22-10-9-21-15(23)12-5-2-1-3-6-12/h1-8,11H,9-10H2,(H,21,23)(H,22,24). The molecule has 0 atom stereocenters. The largest absolute Gasteiger partial charge is 0.416 e. The second-order valence-corrected chi connectivity index (χ2v) is 4.96. The van der Waals surface area contributed by atoms with Gasteiger partial charge in [0, 0.05) is 24.2 Å². The molecule has 0 heterocycles. The van der Waals surface area contributed by atoms with Crippen LogP contribution in [-0.2, 0) is 6.18 Å². The van der Waals surface area contributed by atoms with Crippen LogP contribution in [0.4, 0.5) is 13.2 Å². The summed E-state index contributed by atoms with van der Waals surface area (Å²) in [5.74, 6) is -0.918. The fourth-order valence-corrected chi connectivity index (χ4v) is 1.98. The molecule has 24 heavy (non-hydrogen) atoms. The number of halogens is 3. The van der Waals surface area contributed by atoms with Crippen molar-refractivity contribution in [2.45, 2.75) is 6.18 Å². The summed E-state index contributed by atoms with van der Waals surface area (Å²) < 4.78 is 37.8. The van der Waals surface area contributed by atoms with Gasteiger partial charge < -0.3 is 10.6 Å². The van der Waals surface area contributed by atoms with Gasteiger partial charge >= 0.3 is 6.18 Å². The Hall–Kier alpha value is -2.83. The molecule has 0 bridgehead atoms. The Bertz CT molecular complexity index is 715. The minimum Gasteiger partial charge on any atom is -0.350 e. The second-order valence-electron chi connectivity index (χ2n) is 4.96. The lowest BCUT2D eigenvalue weighted by atomic mass is 10.1. The van der Waals surface area contributed by atoms with E-state index in [1.165, 1.54) is 12.1 Å². The van der Waals surface area contributed by atoms with E-state index < -0.39 is 17.6 Å². The first-order valence-electron chi connectivity index (χ1n) is 7.16. The van der Waals surface area contributed by atoms with Gasteiger partial charge in [-0.3, -0.25) is 9.59 Å². The van der Waals surface area contributed by atoms with E-state index in [9.17, 15) is 22.8 Å². The van der Waals surface area contributed by atoms with Gasteiger partial charge in [0.1, 0.15) is 0 Å².